The summed E-state index contributed by atoms with van der Waals surface area (Å²) < 4.78 is 26.3. The average Bonchev–Trinajstić information content (AvgIpc) is 2.79. The fourth-order valence-electron chi connectivity index (χ4n) is 3.51. The molecule has 0 saturated heterocycles. The largest absolute Gasteiger partial charge is 0.354 e. The standard InChI is InChI=1S/C26H37N3O4S/c1-7-16-27-26(31)21(5)28(17-22-10-8-20(4)9-11-22)25(30)18-29(34(6,32)33)24-14-12-23(13-15-24)19(2)3/h8-15,19,21H,7,16-18H2,1-6H3,(H,27,31)/t21-/m1/s1. The summed E-state index contributed by atoms with van der Waals surface area (Å²) in [6.45, 7) is 10.0. The maximum atomic E-state index is 13.5. The van der Waals surface area contributed by atoms with Crippen molar-refractivity contribution in [1.29, 1.82) is 0 Å². The Kier molecular flexibility index (Phi) is 9.67. The monoisotopic (exact) mass is 487 g/mol. The Morgan fingerprint density at radius 1 is 0.971 bits per heavy atom. The van der Waals surface area contributed by atoms with Gasteiger partial charge in [0.15, 0.2) is 0 Å². The lowest BCUT2D eigenvalue weighted by atomic mass is 10.0. The van der Waals surface area contributed by atoms with Crippen molar-refractivity contribution in [2.45, 2.75) is 59.5 Å². The number of carbonyl (C=O) groups is 2. The second-order valence-corrected chi connectivity index (χ2v) is 10.9. The minimum absolute atomic E-state index is 0.198. The van der Waals surface area contributed by atoms with E-state index in [4.69, 9.17) is 0 Å². The Balaban J connectivity index is 2.35. The molecule has 0 bridgehead atoms. The molecular formula is C26H37N3O4S. The summed E-state index contributed by atoms with van der Waals surface area (Å²) in [5.74, 6) is -0.414. The Hall–Kier alpha value is -2.87. The van der Waals surface area contributed by atoms with Crippen LogP contribution in [0.15, 0.2) is 48.5 Å². The van der Waals surface area contributed by atoms with Crippen LogP contribution >= 0.6 is 0 Å². The van der Waals surface area contributed by atoms with Gasteiger partial charge in [0.2, 0.25) is 21.8 Å². The van der Waals surface area contributed by atoms with Crippen LogP contribution < -0.4 is 9.62 Å². The molecule has 2 aromatic rings. The molecule has 0 fully saturated rings. The molecule has 1 N–H and O–H groups in total. The highest BCUT2D eigenvalue weighted by Crippen LogP contribution is 2.23. The number of nitrogens with one attached hydrogen (secondary N) is 1. The van der Waals surface area contributed by atoms with Crippen LogP contribution in [0.1, 0.15) is 56.7 Å². The van der Waals surface area contributed by atoms with E-state index in [1.807, 2.05) is 50.2 Å². The topological polar surface area (TPSA) is 86.8 Å². The van der Waals surface area contributed by atoms with Gasteiger partial charge in [-0.2, -0.15) is 0 Å². The molecular weight excluding hydrogens is 450 g/mol. The quantitative estimate of drug-likeness (QED) is 0.522. The molecule has 2 amide bonds. The van der Waals surface area contributed by atoms with E-state index in [2.05, 4.69) is 19.2 Å². The van der Waals surface area contributed by atoms with Crippen molar-refractivity contribution in [2.24, 2.45) is 0 Å². The van der Waals surface area contributed by atoms with Gasteiger partial charge in [0, 0.05) is 13.1 Å². The van der Waals surface area contributed by atoms with Gasteiger partial charge in [-0.15, -0.1) is 0 Å². The fraction of sp³-hybridized carbons (Fsp3) is 0.462. The Labute approximate surface area is 204 Å². The van der Waals surface area contributed by atoms with E-state index >= 15 is 0 Å². The predicted molar refractivity (Wildman–Crippen MR) is 137 cm³/mol. The summed E-state index contributed by atoms with van der Waals surface area (Å²) in [6, 6.07) is 14.1. The SMILES string of the molecule is CCCNC(=O)[C@@H](C)N(Cc1ccc(C)cc1)C(=O)CN(c1ccc(C(C)C)cc1)S(C)(=O)=O. The number of sulfonamides is 1. The van der Waals surface area contributed by atoms with E-state index in [1.54, 1.807) is 19.1 Å². The van der Waals surface area contributed by atoms with E-state index in [-0.39, 0.29) is 12.5 Å². The molecule has 0 radical (unpaired) electrons. The van der Waals surface area contributed by atoms with Crippen LogP contribution in [-0.2, 0) is 26.2 Å². The third-order valence-electron chi connectivity index (χ3n) is 5.72. The van der Waals surface area contributed by atoms with Gasteiger partial charge in [-0.3, -0.25) is 13.9 Å². The summed E-state index contributed by atoms with van der Waals surface area (Å²) in [5, 5.41) is 2.83. The highest BCUT2D eigenvalue weighted by atomic mass is 32.2. The molecule has 0 spiro atoms. The first-order valence-electron chi connectivity index (χ1n) is 11.6. The smallest absolute Gasteiger partial charge is 0.244 e. The highest BCUT2D eigenvalue weighted by molar-refractivity contribution is 7.92. The first-order valence-corrected chi connectivity index (χ1v) is 13.5. The molecule has 186 valence electrons. The predicted octanol–water partition coefficient (Wildman–Crippen LogP) is 3.83. The molecule has 0 aliphatic rings. The van der Waals surface area contributed by atoms with Gasteiger partial charge in [0.05, 0.1) is 11.9 Å². The number of aryl methyl sites for hydroxylation is 1. The second-order valence-electron chi connectivity index (χ2n) is 8.99. The Bertz CT molecular complexity index is 1060. The number of rotatable bonds is 11. The van der Waals surface area contributed by atoms with Crippen LogP contribution in [0, 0.1) is 6.92 Å². The third-order valence-corrected chi connectivity index (χ3v) is 6.86. The molecule has 1 atom stereocenters. The van der Waals surface area contributed by atoms with Gasteiger partial charge in [-0.1, -0.05) is 62.7 Å². The number of carbonyl (C=O) groups excluding carboxylic acids is 2. The molecule has 34 heavy (non-hydrogen) atoms. The molecule has 0 heterocycles. The normalized spacial score (nSPS) is 12.3. The van der Waals surface area contributed by atoms with Gasteiger partial charge >= 0.3 is 0 Å². The fourth-order valence-corrected chi connectivity index (χ4v) is 4.36. The number of amides is 2. The van der Waals surface area contributed by atoms with E-state index < -0.39 is 28.5 Å². The molecule has 8 heteroatoms. The van der Waals surface area contributed by atoms with Crippen LogP contribution in [0.2, 0.25) is 0 Å². The van der Waals surface area contributed by atoms with Crippen LogP contribution in [0.4, 0.5) is 5.69 Å². The molecule has 0 saturated carbocycles. The lowest BCUT2D eigenvalue weighted by Gasteiger charge is -2.31. The maximum absolute atomic E-state index is 13.5. The zero-order valence-electron chi connectivity index (χ0n) is 21.0. The summed E-state index contributed by atoms with van der Waals surface area (Å²) >= 11 is 0. The number of hydrogen-bond acceptors (Lipinski definition) is 4. The Morgan fingerprint density at radius 3 is 2.06 bits per heavy atom. The number of benzene rings is 2. The lowest BCUT2D eigenvalue weighted by molar-refractivity contribution is -0.139. The van der Waals surface area contributed by atoms with Crippen LogP contribution in [0.25, 0.3) is 0 Å². The van der Waals surface area contributed by atoms with Crippen molar-refractivity contribution in [3.8, 4) is 0 Å². The molecule has 0 aliphatic heterocycles. The number of nitrogens with zero attached hydrogens (tertiary/aromatic N) is 2. The molecule has 2 rings (SSSR count). The summed E-state index contributed by atoms with van der Waals surface area (Å²) in [4.78, 5) is 27.6. The second kappa shape index (κ2) is 12.0. The highest BCUT2D eigenvalue weighted by Gasteiger charge is 2.30. The van der Waals surface area contributed by atoms with E-state index in [0.717, 1.165) is 33.7 Å². The van der Waals surface area contributed by atoms with Crippen LogP contribution in [-0.4, -0.2) is 50.5 Å². The van der Waals surface area contributed by atoms with E-state index in [0.29, 0.717) is 18.2 Å². The number of anilines is 1. The molecule has 0 aromatic heterocycles. The van der Waals surface area contributed by atoms with Gasteiger partial charge in [-0.25, -0.2) is 8.42 Å². The van der Waals surface area contributed by atoms with Crippen molar-refractivity contribution in [3.05, 3.63) is 65.2 Å². The van der Waals surface area contributed by atoms with E-state index in [1.165, 1.54) is 4.90 Å². The molecule has 0 aliphatic carbocycles. The zero-order valence-corrected chi connectivity index (χ0v) is 21.9. The van der Waals surface area contributed by atoms with Crippen molar-refractivity contribution >= 4 is 27.5 Å². The maximum Gasteiger partial charge on any atom is 0.244 e. The van der Waals surface area contributed by atoms with Gasteiger partial charge in [-0.05, 0) is 49.4 Å². The first kappa shape index (κ1) is 27.4. The van der Waals surface area contributed by atoms with Crippen molar-refractivity contribution in [1.82, 2.24) is 10.2 Å². The van der Waals surface area contributed by atoms with Crippen LogP contribution in [0.3, 0.4) is 0 Å². The lowest BCUT2D eigenvalue weighted by Crippen LogP contribution is -2.51. The summed E-state index contributed by atoms with van der Waals surface area (Å²) in [6.07, 6.45) is 1.86. The van der Waals surface area contributed by atoms with Gasteiger partial charge in [0.1, 0.15) is 12.6 Å². The van der Waals surface area contributed by atoms with E-state index in [9.17, 15) is 18.0 Å². The minimum atomic E-state index is -3.73. The van der Waals surface area contributed by atoms with Crippen molar-refractivity contribution < 1.29 is 18.0 Å². The zero-order chi connectivity index (χ0) is 25.5. The summed E-state index contributed by atoms with van der Waals surface area (Å²) in [7, 11) is -3.73. The minimum Gasteiger partial charge on any atom is -0.354 e. The van der Waals surface area contributed by atoms with Crippen molar-refractivity contribution in [3.63, 3.8) is 0 Å². The average molecular weight is 488 g/mol. The molecule has 2 aromatic carbocycles. The summed E-state index contributed by atoms with van der Waals surface area (Å²) in [5.41, 5.74) is 3.44. The third kappa shape index (κ3) is 7.58. The number of hydrogen-bond donors (Lipinski definition) is 1. The molecule has 7 nitrogen and oxygen atoms in total. The first-order chi connectivity index (χ1) is 15.9. The van der Waals surface area contributed by atoms with Gasteiger partial charge < -0.3 is 10.2 Å². The van der Waals surface area contributed by atoms with Gasteiger partial charge in [0.25, 0.3) is 0 Å². The Morgan fingerprint density at radius 2 is 1.56 bits per heavy atom. The van der Waals surface area contributed by atoms with Crippen LogP contribution in [0.5, 0.6) is 0 Å². The van der Waals surface area contributed by atoms with Crippen molar-refractivity contribution in [2.75, 3.05) is 23.7 Å². The molecule has 0 unspecified atom stereocenters.